The minimum atomic E-state index is -4.32. The summed E-state index contributed by atoms with van der Waals surface area (Å²) in [6, 6.07) is 1.40. The smallest absolute Gasteiger partial charge is 0.398 e. The summed E-state index contributed by atoms with van der Waals surface area (Å²) < 4.78 is 36.8. The fraction of sp³-hybridized carbons (Fsp3) is 0.636. The Labute approximate surface area is 110 Å². The fourth-order valence-corrected chi connectivity index (χ4v) is 1.88. The fourth-order valence-electron chi connectivity index (χ4n) is 0.931. The Hall–Kier alpha value is -0.420. The number of nitrogens with two attached hydrogens (primary N) is 1. The highest BCUT2D eigenvalue weighted by Crippen LogP contribution is 2.41. The van der Waals surface area contributed by atoms with Crippen molar-refractivity contribution in [2.45, 2.75) is 45.2 Å². The Morgan fingerprint density at radius 2 is 1.71 bits per heavy atom. The lowest BCUT2D eigenvalue weighted by Gasteiger charge is -2.03. The SMILES string of the molecule is C1CC1.CC(C)c1cc(N)c(C(F)(F)F)s1.Cl. The zero-order valence-electron chi connectivity index (χ0n) is 9.80. The maximum Gasteiger partial charge on any atom is 0.427 e. The van der Waals surface area contributed by atoms with Crippen molar-refractivity contribution < 1.29 is 13.2 Å². The van der Waals surface area contributed by atoms with Crippen LogP contribution in [0.15, 0.2) is 6.07 Å². The van der Waals surface area contributed by atoms with Crippen molar-refractivity contribution in [1.82, 2.24) is 0 Å². The van der Waals surface area contributed by atoms with Gasteiger partial charge in [-0.1, -0.05) is 33.1 Å². The van der Waals surface area contributed by atoms with E-state index in [1.54, 1.807) is 0 Å². The van der Waals surface area contributed by atoms with Crippen LogP contribution in [0.4, 0.5) is 18.9 Å². The lowest BCUT2D eigenvalue weighted by atomic mass is 10.2. The molecule has 0 amide bonds. The maximum atomic E-state index is 12.3. The molecule has 0 bridgehead atoms. The van der Waals surface area contributed by atoms with Crippen LogP contribution >= 0.6 is 23.7 Å². The van der Waals surface area contributed by atoms with Gasteiger partial charge in [0.2, 0.25) is 0 Å². The van der Waals surface area contributed by atoms with Crippen molar-refractivity contribution in [3.8, 4) is 0 Å². The number of hydrogen-bond donors (Lipinski definition) is 1. The molecule has 100 valence electrons. The monoisotopic (exact) mass is 287 g/mol. The Kier molecular flexibility index (Phi) is 6.34. The molecule has 0 unspecified atom stereocenters. The molecule has 1 aliphatic carbocycles. The highest BCUT2D eigenvalue weighted by atomic mass is 35.5. The molecule has 17 heavy (non-hydrogen) atoms. The average molecular weight is 288 g/mol. The standard InChI is InChI=1S/C8H10F3NS.C3H6.ClH/c1-4(2)6-3-5(12)7(13-6)8(9,10)11;1-2-3-1;/h3-4H,12H2,1-2H3;1-3H2;1H. The number of thiophene rings is 1. The number of hydrogen-bond acceptors (Lipinski definition) is 2. The molecule has 2 N–H and O–H groups in total. The van der Waals surface area contributed by atoms with Gasteiger partial charge in [-0.3, -0.25) is 0 Å². The first-order valence-corrected chi connectivity index (χ1v) is 6.10. The molecule has 1 heterocycles. The van der Waals surface area contributed by atoms with Gasteiger partial charge < -0.3 is 5.73 Å². The third-order valence-electron chi connectivity index (χ3n) is 1.96. The summed E-state index contributed by atoms with van der Waals surface area (Å²) in [6.07, 6.45) is 0.182. The van der Waals surface area contributed by atoms with Crippen molar-refractivity contribution in [3.63, 3.8) is 0 Å². The van der Waals surface area contributed by atoms with Gasteiger partial charge in [0, 0.05) is 4.88 Å². The van der Waals surface area contributed by atoms with Crippen LogP contribution < -0.4 is 5.73 Å². The van der Waals surface area contributed by atoms with E-state index in [0.717, 1.165) is 11.3 Å². The summed E-state index contributed by atoms with van der Waals surface area (Å²) in [5.41, 5.74) is 5.09. The Balaban J connectivity index is 0.000000554. The summed E-state index contributed by atoms with van der Waals surface area (Å²) in [5, 5.41) is 0. The predicted octanol–water partition coefficient (Wildman–Crippen LogP) is 5.06. The van der Waals surface area contributed by atoms with Crippen molar-refractivity contribution in [2.24, 2.45) is 0 Å². The molecule has 1 aromatic rings. The number of alkyl halides is 3. The van der Waals surface area contributed by atoms with E-state index in [4.69, 9.17) is 5.73 Å². The molecule has 1 nitrogen and oxygen atoms in total. The topological polar surface area (TPSA) is 26.0 Å². The second kappa shape index (κ2) is 6.50. The van der Waals surface area contributed by atoms with Gasteiger partial charge in [0.25, 0.3) is 0 Å². The largest absolute Gasteiger partial charge is 0.427 e. The summed E-state index contributed by atoms with van der Waals surface area (Å²) in [7, 11) is 0. The van der Waals surface area contributed by atoms with Crippen LogP contribution in [0.3, 0.4) is 0 Å². The summed E-state index contributed by atoms with van der Waals surface area (Å²) >= 11 is 0.725. The van der Waals surface area contributed by atoms with Crippen LogP contribution in [0.5, 0.6) is 0 Å². The molecule has 2 rings (SSSR count). The van der Waals surface area contributed by atoms with E-state index >= 15 is 0 Å². The molecule has 1 saturated carbocycles. The van der Waals surface area contributed by atoms with Gasteiger partial charge in [-0.05, 0) is 12.0 Å². The van der Waals surface area contributed by atoms with Crippen molar-refractivity contribution >= 4 is 29.4 Å². The third kappa shape index (κ3) is 5.64. The summed E-state index contributed by atoms with van der Waals surface area (Å²) in [6.45, 7) is 3.68. The minimum absolute atomic E-state index is 0. The highest BCUT2D eigenvalue weighted by molar-refractivity contribution is 7.12. The molecule has 1 aromatic heterocycles. The quantitative estimate of drug-likeness (QED) is 0.767. The molecule has 0 spiro atoms. The van der Waals surface area contributed by atoms with E-state index in [0.29, 0.717) is 4.88 Å². The highest BCUT2D eigenvalue weighted by Gasteiger charge is 2.35. The third-order valence-corrected chi connectivity index (χ3v) is 3.46. The minimum Gasteiger partial charge on any atom is -0.398 e. The number of anilines is 1. The van der Waals surface area contributed by atoms with Crippen LogP contribution in [0, 0.1) is 0 Å². The van der Waals surface area contributed by atoms with E-state index in [-0.39, 0.29) is 24.0 Å². The van der Waals surface area contributed by atoms with E-state index < -0.39 is 11.1 Å². The molecule has 0 aliphatic heterocycles. The second-order valence-corrected chi connectivity index (χ2v) is 5.23. The van der Waals surface area contributed by atoms with Crippen LogP contribution in [0.25, 0.3) is 0 Å². The predicted molar refractivity (Wildman–Crippen MR) is 68.9 cm³/mol. The van der Waals surface area contributed by atoms with Crippen LogP contribution in [-0.2, 0) is 6.18 Å². The zero-order valence-corrected chi connectivity index (χ0v) is 11.4. The van der Waals surface area contributed by atoms with Crippen molar-refractivity contribution in [2.75, 3.05) is 5.73 Å². The molecular weight excluding hydrogens is 271 g/mol. The zero-order chi connectivity index (χ0) is 12.3. The Morgan fingerprint density at radius 3 is 1.88 bits per heavy atom. The number of nitrogen functional groups attached to an aromatic ring is 1. The van der Waals surface area contributed by atoms with Gasteiger partial charge in [0.1, 0.15) is 4.88 Å². The van der Waals surface area contributed by atoms with Gasteiger partial charge in [0.05, 0.1) is 5.69 Å². The molecular formula is C11H17ClF3NS. The molecule has 1 fully saturated rings. The lowest BCUT2D eigenvalue weighted by molar-refractivity contribution is -0.133. The first-order valence-electron chi connectivity index (χ1n) is 5.28. The normalized spacial score (nSPS) is 13.8. The van der Waals surface area contributed by atoms with Crippen LogP contribution in [0.1, 0.15) is 48.8 Å². The average Bonchev–Trinajstić information content (AvgIpc) is 2.93. The molecule has 0 radical (unpaired) electrons. The van der Waals surface area contributed by atoms with Gasteiger partial charge in [-0.25, -0.2) is 0 Å². The number of halogens is 4. The molecule has 0 aromatic carbocycles. The van der Waals surface area contributed by atoms with Gasteiger partial charge in [-0.15, -0.1) is 23.7 Å². The Bertz CT molecular complexity index is 342. The van der Waals surface area contributed by atoms with Gasteiger partial charge in [0.15, 0.2) is 0 Å². The lowest BCUT2D eigenvalue weighted by Crippen LogP contribution is -2.04. The Morgan fingerprint density at radius 1 is 1.24 bits per heavy atom. The van der Waals surface area contributed by atoms with Crippen LogP contribution in [0.2, 0.25) is 0 Å². The van der Waals surface area contributed by atoms with E-state index in [9.17, 15) is 13.2 Å². The van der Waals surface area contributed by atoms with Crippen molar-refractivity contribution in [1.29, 1.82) is 0 Å². The van der Waals surface area contributed by atoms with Crippen LogP contribution in [-0.4, -0.2) is 0 Å². The summed E-state index contributed by atoms with van der Waals surface area (Å²) in [4.78, 5) is -0.0129. The van der Waals surface area contributed by atoms with Gasteiger partial charge in [-0.2, -0.15) is 13.2 Å². The second-order valence-electron chi connectivity index (χ2n) is 4.15. The van der Waals surface area contributed by atoms with E-state index in [2.05, 4.69) is 0 Å². The van der Waals surface area contributed by atoms with Crippen molar-refractivity contribution in [3.05, 3.63) is 15.8 Å². The summed E-state index contributed by atoms with van der Waals surface area (Å²) in [5.74, 6) is 0.0865. The first kappa shape index (κ1) is 16.6. The van der Waals surface area contributed by atoms with E-state index in [1.807, 2.05) is 13.8 Å². The molecule has 0 saturated heterocycles. The van der Waals surface area contributed by atoms with Gasteiger partial charge >= 0.3 is 6.18 Å². The van der Waals surface area contributed by atoms with E-state index in [1.165, 1.54) is 25.3 Å². The number of rotatable bonds is 1. The molecule has 6 heteroatoms. The molecule has 0 atom stereocenters. The maximum absolute atomic E-state index is 12.3. The first-order chi connectivity index (χ1) is 7.32. The molecule has 1 aliphatic rings.